The van der Waals surface area contributed by atoms with Crippen molar-refractivity contribution in [2.45, 2.75) is 52.5 Å². The van der Waals surface area contributed by atoms with Crippen LogP contribution in [-0.2, 0) is 6.42 Å². The van der Waals surface area contributed by atoms with Gasteiger partial charge in [-0.1, -0.05) is 32.9 Å². The molecule has 29 heavy (non-hydrogen) atoms. The Morgan fingerprint density at radius 3 is 2.76 bits per heavy atom. The van der Waals surface area contributed by atoms with Crippen LogP contribution in [0.5, 0.6) is 0 Å². The molecule has 3 aromatic rings. The highest BCUT2D eigenvalue weighted by Gasteiger charge is 2.35. The van der Waals surface area contributed by atoms with Crippen molar-refractivity contribution in [3.05, 3.63) is 53.6 Å². The number of nitrogens with one attached hydrogen (secondary N) is 1. The first-order chi connectivity index (χ1) is 13.8. The number of amides is 1. The summed E-state index contributed by atoms with van der Waals surface area (Å²) in [5.41, 5.74) is 3.21. The van der Waals surface area contributed by atoms with Crippen LogP contribution in [-0.4, -0.2) is 31.0 Å². The number of hydrogen-bond donors (Lipinski definition) is 1. The molecule has 1 aliphatic carbocycles. The Labute approximate surface area is 169 Å². The Morgan fingerprint density at radius 2 is 2.07 bits per heavy atom. The van der Waals surface area contributed by atoms with Crippen molar-refractivity contribution >= 4 is 5.91 Å². The summed E-state index contributed by atoms with van der Waals surface area (Å²) in [6.07, 6.45) is 8.24. The van der Waals surface area contributed by atoms with E-state index in [0.29, 0.717) is 11.5 Å². The number of aromatic nitrogens is 5. The average Bonchev–Trinajstić information content (AvgIpc) is 3.18. The smallest absolute Gasteiger partial charge is 0.290 e. The zero-order valence-corrected chi connectivity index (χ0v) is 17.0. The molecule has 0 saturated heterocycles. The minimum atomic E-state index is -0.281. The van der Waals surface area contributed by atoms with E-state index in [0.717, 1.165) is 29.8 Å². The van der Waals surface area contributed by atoms with Gasteiger partial charge in [-0.3, -0.25) is 9.78 Å². The number of carbonyl (C=O) groups excluding carboxylic acids is 1. The molecule has 1 amide bonds. The summed E-state index contributed by atoms with van der Waals surface area (Å²) in [5.74, 6) is 0.672. The fourth-order valence-corrected chi connectivity index (χ4v) is 3.61. The Kier molecular flexibility index (Phi) is 4.86. The predicted molar refractivity (Wildman–Crippen MR) is 106 cm³/mol. The van der Waals surface area contributed by atoms with Gasteiger partial charge in [0.15, 0.2) is 5.82 Å². The van der Waals surface area contributed by atoms with Gasteiger partial charge in [0.25, 0.3) is 5.91 Å². The summed E-state index contributed by atoms with van der Waals surface area (Å²) in [6, 6.07) is 1.49. The molecule has 1 atom stereocenters. The Balaban J connectivity index is 1.62. The van der Waals surface area contributed by atoms with Crippen LogP contribution < -0.4 is 5.32 Å². The highest BCUT2D eigenvalue weighted by molar-refractivity contribution is 5.91. The summed E-state index contributed by atoms with van der Waals surface area (Å²) in [7, 11) is 0. The lowest BCUT2D eigenvalue weighted by atomic mass is 9.74. The quantitative estimate of drug-likeness (QED) is 0.724. The molecule has 0 radical (unpaired) electrons. The van der Waals surface area contributed by atoms with Crippen LogP contribution in [0, 0.1) is 5.41 Å². The third kappa shape index (κ3) is 4.01. The van der Waals surface area contributed by atoms with Crippen LogP contribution in [0.2, 0.25) is 0 Å². The van der Waals surface area contributed by atoms with Crippen LogP contribution >= 0.6 is 0 Å². The number of nitrogens with zero attached hydrogens (tertiary/aromatic N) is 5. The van der Waals surface area contributed by atoms with Gasteiger partial charge in [0.2, 0.25) is 5.76 Å². The second-order valence-electron chi connectivity index (χ2n) is 8.53. The zero-order valence-electron chi connectivity index (χ0n) is 17.0. The van der Waals surface area contributed by atoms with E-state index in [1.165, 1.54) is 0 Å². The number of carbonyl (C=O) groups is 1. The van der Waals surface area contributed by atoms with Crippen LogP contribution in [0.1, 0.15) is 73.6 Å². The standard InChI is InChI=1S/C21H24N6O2/c1-12(2)14-7-18(29-27-14)20(28)26-16-9-21(3,4)8-15-13(16)10-24-19(25-15)17-11-22-5-6-23-17/h5-7,10-12,16H,8-9H2,1-4H3,(H,26,28)/t16-/m0/s1. The molecule has 1 aliphatic rings. The normalized spacial score (nSPS) is 17.8. The largest absolute Gasteiger partial charge is 0.351 e. The molecule has 0 bridgehead atoms. The van der Waals surface area contributed by atoms with Crippen molar-refractivity contribution < 1.29 is 9.32 Å². The van der Waals surface area contributed by atoms with Crippen molar-refractivity contribution in [2.75, 3.05) is 0 Å². The predicted octanol–water partition coefficient (Wildman–Crippen LogP) is 3.49. The molecule has 0 spiro atoms. The molecular formula is C21H24N6O2. The van der Waals surface area contributed by atoms with Crippen molar-refractivity contribution in [2.24, 2.45) is 5.41 Å². The zero-order chi connectivity index (χ0) is 20.6. The molecule has 150 valence electrons. The summed E-state index contributed by atoms with van der Waals surface area (Å²) in [5, 5.41) is 7.05. The van der Waals surface area contributed by atoms with Gasteiger partial charge < -0.3 is 9.84 Å². The van der Waals surface area contributed by atoms with Crippen LogP contribution in [0.4, 0.5) is 0 Å². The van der Waals surface area contributed by atoms with Crippen molar-refractivity contribution in [1.29, 1.82) is 0 Å². The van der Waals surface area contributed by atoms with Gasteiger partial charge in [-0.05, 0) is 24.2 Å². The molecule has 1 N–H and O–H groups in total. The molecule has 0 aliphatic heterocycles. The minimum absolute atomic E-state index is 0.0244. The summed E-state index contributed by atoms with van der Waals surface area (Å²) < 4.78 is 5.24. The lowest BCUT2D eigenvalue weighted by Crippen LogP contribution is -2.37. The highest BCUT2D eigenvalue weighted by Crippen LogP contribution is 2.40. The van der Waals surface area contributed by atoms with Gasteiger partial charge in [0, 0.05) is 30.2 Å². The molecule has 3 heterocycles. The van der Waals surface area contributed by atoms with E-state index in [1.54, 1.807) is 30.9 Å². The molecule has 8 nitrogen and oxygen atoms in total. The fraction of sp³-hybridized carbons (Fsp3) is 0.429. The maximum absolute atomic E-state index is 12.8. The van der Waals surface area contributed by atoms with Gasteiger partial charge in [0.05, 0.1) is 23.6 Å². The molecule has 0 aromatic carbocycles. The fourth-order valence-electron chi connectivity index (χ4n) is 3.61. The van der Waals surface area contributed by atoms with Crippen LogP contribution in [0.3, 0.4) is 0 Å². The average molecular weight is 392 g/mol. The van der Waals surface area contributed by atoms with E-state index in [9.17, 15) is 4.79 Å². The van der Waals surface area contributed by atoms with Crippen LogP contribution in [0.25, 0.3) is 11.5 Å². The third-order valence-corrected chi connectivity index (χ3v) is 5.12. The van der Waals surface area contributed by atoms with E-state index in [-0.39, 0.29) is 29.0 Å². The van der Waals surface area contributed by atoms with Crippen molar-refractivity contribution in [3.8, 4) is 11.5 Å². The SMILES string of the molecule is CC(C)c1cc(C(=O)N[C@H]2CC(C)(C)Cc3nc(-c4cnccn4)ncc32)on1. The second-order valence-corrected chi connectivity index (χ2v) is 8.53. The Bertz CT molecular complexity index is 1030. The topological polar surface area (TPSA) is 107 Å². The lowest BCUT2D eigenvalue weighted by molar-refractivity contribution is 0.0881. The monoisotopic (exact) mass is 392 g/mol. The summed E-state index contributed by atoms with van der Waals surface area (Å²) in [6.45, 7) is 8.35. The van der Waals surface area contributed by atoms with Crippen LogP contribution in [0.15, 0.2) is 35.4 Å². The number of fused-ring (bicyclic) bond motifs is 1. The third-order valence-electron chi connectivity index (χ3n) is 5.12. The first kappa shape index (κ1) is 19.2. The maximum atomic E-state index is 12.8. The molecular weight excluding hydrogens is 368 g/mol. The molecule has 4 rings (SSSR count). The second kappa shape index (κ2) is 7.35. The van der Waals surface area contributed by atoms with Crippen molar-refractivity contribution in [1.82, 2.24) is 30.4 Å². The van der Waals surface area contributed by atoms with Gasteiger partial charge in [-0.15, -0.1) is 0 Å². The van der Waals surface area contributed by atoms with Gasteiger partial charge in [0.1, 0.15) is 5.69 Å². The molecule has 0 fully saturated rings. The molecule has 3 aromatic heterocycles. The highest BCUT2D eigenvalue weighted by atomic mass is 16.5. The van der Waals surface area contributed by atoms with E-state index >= 15 is 0 Å². The Morgan fingerprint density at radius 1 is 1.24 bits per heavy atom. The first-order valence-corrected chi connectivity index (χ1v) is 9.72. The summed E-state index contributed by atoms with van der Waals surface area (Å²) in [4.78, 5) is 30.3. The molecule has 8 heteroatoms. The molecule has 0 unspecified atom stereocenters. The van der Waals surface area contributed by atoms with E-state index in [4.69, 9.17) is 9.51 Å². The maximum Gasteiger partial charge on any atom is 0.290 e. The molecule has 0 saturated carbocycles. The van der Waals surface area contributed by atoms with E-state index < -0.39 is 0 Å². The number of hydrogen-bond acceptors (Lipinski definition) is 7. The Hall–Kier alpha value is -3.16. The minimum Gasteiger partial charge on any atom is -0.351 e. The number of rotatable bonds is 4. The van der Waals surface area contributed by atoms with Crippen molar-refractivity contribution in [3.63, 3.8) is 0 Å². The first-order valence-electron chi connectivity index (χ1n) is 9.72. The van der Waals surface area contributed by atoms with E-state index in [1.807, 2.05) is 13.8 Å². The van der Waals surface area contributed by atoms with Gasteiger partial charge in [-0.25, -0.2) is 15.0 Å². The lowest BCUT2D eigenvalue weighted by Gasteiger charge is -2.36. The summed E-state index contributed by atoms with van der Waals surface area (Å²) >= 11 is 0. The van der Waals surface area contributed by atoms with Gasteiger partial charge >= 0.3 is 0 Å². The van der Waals surface area contributed by atoms with E-state index in [2.05, 4.69) is 39.3 Å². The van der Waals surface area contributed by atoms with Gasteiger partial charge in [-0.2, -0.15) is 0 Å².